The zero-order valence-corrected chi connectivity index (χ0v) is 16.2. The van der Waals surface area contributed by atoms with E-state index in [0.717, 1.165) is 0 Å². The lowest BCUT2D eigenvalue weighted by Crippen LogP contribution is -2.48. The van der Waals surface area contributed by atoms with E-state index >= 15 is 0 Å². The maximum Gasteiger partial charge on any atom is 0.341 e. The van der Waals surface area contributed by atoms with Gasteiger partial charge in [-0.2, -0.15) is 0 Å². The number of fused-ring (bicyclic) bond motifs is 2. The Balaban J connectivity index is 1.97. The van der Waals surface area contributed by atoms with Gasteiger partial charge in [-0.05, 0) is 33.2 Å². The number of carbonyl (C=O) groups is 3. The van der Waals surface area contributed by atoms with Crippen LogP contribution >= 0.6 is 0 Å². The van der Waals surface area contributed by atoms with E-state index in [2.05, 4.69) is 0 Å². The summed E-state index contributed by atoms with van der Waals surface area (Å²) >= 11 is 0. The molecule has 1 N–H and O–H groups in total. The van der Waals surface area contributed by atoms with Gasteiger partial charge in [-0.15, -0.1) is 0 Å². The average Bonchev–Trinajstić information content (AvgIpc) is 3.26. The standard InChI is InChI=1S/C19H27NO7/c1-11-9-19(12(2)27-19)17(23)26-14-6-8-20(4)7-5-13(15(14)21)10-25-16(22)18(11,3)24/h5,11-12,14,24H,6-10H2,1-4H3/b13-5-/t11-,12+,14-,18+,19+/m1/s1. The monoisotopic (exact) mass is 381 g/mol. The maximum absolute atomic E-state index is 12.9. The number of rotatable bonds is 0. The highest BCUT2D eigenvalue weighted by Crippen LogP contribution is 2.45. The van der Waals surface area contributed by atoms with E-state index in [-0.39, 0.29) is 24.4 Å². The third-order valence-corrected chi connectivity index (χ3v) is 5.95. The van der Waals surface area contributed by atoms with Crippen LogP contribution in [-0.2, 0) is 28.6 Å². The Morgan fingerprint density at radius 1 is 1.22 bits per heavy atom. The van der Waals surface area contributed by atoms with Gasteiger partial charge in [-0.25, -0.2) is 9.59 Å². The molecule has 150 valence electrons. The lowest BCUT2D eigenvalue weighted by atomic mass is 9.82. The average molecular weight is 381 g/mol. The zero-order chi connectivity index (χ0) is 20.0. The molecule has 27 heavy (non-hydrogen) atoms. The van der Waals surface area contributed by atoms with Gasteiger partial charge >= 0.3 is 11.9 Å². The first-order chi connectivity index (χ1) is 12.6. The summed E-state index contributed by atoms with van der Waals surface area (Å²) in [6, 6.07) is 0. The normalized spacial score (nSPS) is 43.4. The summed E-state index contributed by atoms with van der Waals surface area (Å²) in [4.78, 5) is 40.2. The van der Waals surface area contributed by atoms with Crippen molar-refractivity contribution >= 4 is 17.7 Å². The lowest BCUT2D eigenvalue weighted by molar-refractivity contribution is -0.173. The van der Waals surface area contributed by atoms with Crippen molar-refractivity contribution in [3.05, 3.63) is 11.6 Å². The first-order valence-corrected chi connectivity index (χ1v) is 9.28. The van der Waals surface area contributed by atoms with Crippen molar-refractivity contribution in [1.29, 1.82) is 0 Å². The molecule has 2 saturated heterocycles. The second-order valence-electron chi connectivity index (χ2n) is 8.02. The number of esters is 2. The number of nitrogens with zero attached hydrogens (tertiary/aromatic N) is 1. The van der Waals surface area contributed by atoms with Gasteiger partial charge in [0.25, 0.3) is 0 Å². The molecule has 8 nitrogen and oxygen atoms in total. The van der Waals surface area contributed by atoms with Gasteiger partial charge in [0.2, 0.25) is 5.78 Å². The van der Waals surface area contributed by atoms with E-state index in [9.17, 15) is 19.5 Å². The van der Waals surface area contributed by atoms with Crippen molar-refractivity contribution in [3.8, 4) is 0 Å². The van der Waals surface area contributed by atoms with E-state index in [1.807, 2.05) is 11.9 Å². The highest BCUT2D eigenvalue weighted by molar-refractivity contribution is 6.01. The molecule has 0 aromatic heterocycles. The fourth-order valence-corrected chi connectivity index (χ4v) is 3.54. The van der Waals surface area contributed by atoms with E-state index in [1.165, 1.54) is 6.92 Å². The summed E-state index contributed by atoms with van der Waals surface area (Å²) in [6.45, 7) is 5.57. The SMILES string of the molecule is C[C@@H]1C[C@@]2(O[C@H]2C)C(=O)O[C@@H]2CCN(C)C/C=C(/COC(=O)[C@@]1(C)O)C2=O. The number of aliphatic hydroxyl groups is 1. The minimum atomic E-state index is -1.82. The Morgan fingerprint density at radius 3 is 2.52 bits per heavy atom. The fourth-order valence-electron chi connectivity index (χ4n) is 3.54. The van der Waals surface area contributed by atoms with E-state index < -0.39 is 41.3 Å². The molecule has 8 heteroatoms. The molecule has 5 atom stereocenters. The van der Waals surface area contributed by atoms with Crippen LogP contribution in [0.5, 0.6) is 0 Å². The number of hydrogen-bond acceptors (Lipinski definition) is 8. The minimum Gasteiger partial charge on any atom is -0.459 e. The Hall–Kier alpha value is -1.77. The Labute approximate surface area is 158 Å². The third kappa shape index (κ3) is 3.66. The summed E-state index contributed by atoms with van der Waals surface area (Å²) in [7, 11) is 1.89. The van der Waals surface area contributed by atoms with Crippen LogP contribution in [0.15, 0.2) is 11.6 Å². The second kappa shape index (κ2) is 7.00. The lowest BCUT2D eigenvalue weighted by Gasteiger charge is -2.32. The van der Waals surface area contributed by atoms with Gasteiger partial charge in [0.1, 0.15) is 6.61 Å². The van der Waals surface area contributed by atoms with Crippen molar-refractivity contribution in [2.24, 2.45) is 5.92 Å². The number of epoxide rings is 1. The molecule has 3 rings (SSSR count). The van der Waals surface area contributed by atoms with Gasteiger partial charge in [-0.1, -0.05) is 13.0 Å². The van der Waals surface area contributed by atoms with Crippen molar-refractivity contribution in [1.82, 2.24) is 4.90 Å². The van der Waals surface area contributed by atoms with E-state index in [0.29, 0.717) is 19.5 Å². The first-order valence-electron chi connectivity index (χ1n) is 9.28. The number of likely N-dealkylation sites (N-methyl/N-ethyl adjacent to an activating group) is 1. The van der Waals surface area contributed by atoms with Gasteiger partial charge in [0.05, 0.1) is 6.10 Å². The van der Waals surface area contributed by atoms with Crippen LogP contribution in [0.4, 0.5) is 0 Å². The number of hydrogen-bond donors (Lipinski definition) is 1. The number of cyclic esters (lactones) is 1. The van der Waals surface area contributed by atoms with Crippen molar-refractivity contribution in [2.45, 2.75) is 57.0 Å². The molecule has 1 spiro atoms. The van der Waals surface area contributed by atoms with Gasteiger partial charge in [0, 0.05) is 25.1 Å². The largest absolute Gasteiger partial charge is 0.459 e. The van der Waals surface area contributed by atoms with Crippen LogP contribution in [0.3, 0.4) is 0 Å². The second-order valence-corrected chi connectivity index (χ2v) is 8.02. The summed E-state index contributed by atoms with van der Waals surface area (Å²) in [5, 5.41) is 10.7. The van der Waals surface area contributed by atoms with Crippen LogP contribution in [0.2, 0.25) is 0 Å². The van der Waals surface area contributed by atoms with Crippen LogP contribution < -0.4 is 0 Å². The van der Waals surface area contributed by atoms with Crippen LogP contribution in [0.25, 0.3) is 0 Å². The molecule has 3 heterocycles. The molecule has 3 aliphatic heterocycles. The predicted octanol–water partition coefficient (Wildman–Crippen LogP) is 0.221. The number of ketones is 1. The van der Waals surface area contributed by atoms with E-state index in [1.54, 1.807) is 19.9 Å². The third-order valence-electron chi connectivity index (χ3n) is 5.95. The first kappa shape index (κ1) is 20.0. The van der Waals surface area contributed by atoms with Gasteiger partial charge < -0.3 is 24.2 Å². The Kier molecular flexibility index (Phi) is 5.18. The molecular formula is C19H27NO7. The highest BCUT2D eigenvalue weighted by Gasteiger charge is 2.63. The highest BCUT2D eigenvalue weighted by atomic mass is 16.7. The zero-order valence-electron chi connectivity index (χ0n) is 16.2. The number of Topliss-reactive ketones (excluding diaryl/α,β-unsaturated/α-hetero) is 1. The van der Waals surface area contributed by atoms with Crippen molar-refractivity contribution < 1.29 is 33.7 Å². The maximum atomic E-state index is 12.9. The summed E-state index contributed by atoms with van der Waals surface area (Å²) in [6.07, 6.45) is 0.756. The topological polar surface area (TPSA) is 106 Å². The molecule has 0 saturated carbocycles. The molecule has 2 fully saturated rings. The van der Waals surface area contributed by atoms with Crippen molar-refractivity contribution in [3.63, 3.8) is 0 Å². The molecule has 0 aliphatic carbocycles. The summed E-state index contributed by atoms with van der Waals surface area (Å²) < 4.78 is 16.4. The number of carbonyl (C=O) groups excluding carboxylic acids is 3. The minimum absolute atomic E-state index is 0.0958. The molecule has 2 bridgehead atoms. The predicted molar refractivity (Wildman–Crippen MR) is 93.7 cm³/mol. The van der Waals surface area contributed by atoms with Crippen LogP contribution in [0.1, 0.15) is 33.6 Å². The molecule has 0 aromatic carbocycles. The Morgan fingerprint density at radius 2 is 1.89 bits per heavy atom. The molecule has 0 aromatic rings. The summed E-state index contributed by atoms with van der Waals surface area (Å²) in [5.74, 6) is -2.43. The molecule has 0 amide bonds. The fraction of sp³-hybridized carbons (Fsp3) is 0.737. The molecule has 0 unspecified atom stereocenters. The van der Waals surface area contributed by atoms with Crippen molar-refractivity contribution in [2.75, 3.05) is 26.7 Å². The smallest absolute Gasteiger partial charge is 0.341 e. The van der Waals surface area contributed by atoms with E-state index in [4.69, 9.17) is 14.2 Å². The summed E-state index contributed by atoms with van der Waals surface area (Å²) in [5.41, 5.74) is -2.81. The van der Waals surface area contributed by atoms with Crippen LogP contribution in [-0.4, -0.2) is 77.9 Å². The van der Waals surface area contributed by atoms with Gasteiger partial charge in [0.15, 0.2) is 17.3 Å². The number of ether oxygens (including phenoxy) is 3. The van der Waals surface area contributed by atoms with Crippen LogP contribution in [0, 0.1) is 5.92 Å². The van der Waals surface area contributed by atoms with Gasteiger partial charge in [-0.3, -0.25) is 4.79 Å². The molecular weight excluding hydrogens is 354 g/mol. The quantitative estimate of drug-likeness (QED) is 0.469. The molecule has 0 radical (unpaired) electrons. The molecule has 3 aliphatic rings. The Bertz CT molecular complexity index is 686.